The molecule has 69 heavy (non-hydrogen) atoms. The van der Waals surface area contributed by atoms with Gasteiger partial charge >= 0.3 is 6.18 Å². The molecule has 19 heteroatoms. The molecule has 1 atom stereocenters. The minimum atomic E-state index is -4.77. The summed E-state index contributed by atoms with van der Waals surface area (Å²) in [7, 11) is 1.43. The van der Waals surface area contributed by atoms with Crippen molar-refractivity contribution in [2.24, 2.45) is 0 Å². The van der Waals surface area contributed by atoms with Gasteiger partial charge in [0.05, 0.1) is 34.2 Å². The predicted molar refractivity (Wildman–Crippen MR) is 250 cm³/mol. The molecule has 3 aliphatic rings. The molecule has 1 unspecified atom stereocenters. The molecule has 4 N–H and O–H groups in total. The van der Waals surface area contributed by atoms with Gasteiger partial charge in [-0.05, 0) is 126 Å². The summed E-state index contributed by atoms with van der Waals surface area (Å²) < 4.78 is 54.4. The Kier molecular flexibility index (Phi) is 16.0. The summed E-state index contributed by atoms with van der Waals surface area (Å²) >= 11 is 0. The fourth-order valence-electron chi connectivity index (χ4n) is 9.00. The Morgan fingerprint density at radius 1 is 0.884 bits per heavy atom. The number of aromatic nitrogens is 2. The molecule has 4 aromatic rings. The zero-order chi connectivity index (χ0) is 49.4. The third kappa shape index (κ3) is 12.1. The van der Waals surface area contributed by atoms with E-state index in [2.05, 4.69) is 36.1 Å². The number of ether oxygens (including phenoxy) is 2. The number of nitrogens with one attached hydrogen (secondary N) is 4. The van der Waals surface area contributed by atoms with Crippen molar-refractivity contribution >= 4 is 58.5 Å². The molecule has 0 saturated carbocycles. The van der Waals surface area contributed by atoms with E-state index in [0.717, 1.165) is 74.2 Å². The van der Waals surface area contributed by atoms with Gasteiger partial charge in [0.2, 0.25) is 17.8 Å². The van der Waals surface area contributed by atoms with Gasteiger partial charge in [0, 0.05) is 26.1 Å². The first-order valence-corrected chi connectivity index (χ1v) is 23.3. The minimum Gasteiger partial charge on any atom is -0.489 e. The summed E-state index contributed by atoms with van der Waals surface area (Å²) in [5.74, 6) is -2.79. The maximum Gasteiger partial charge on any atom is 0.421 e. The van der Waals surface area contributed by atoms with Gasteiger partial charge in [-0.3, -0.25) is 39.0 Å². The molecule has 5 amide bonds. The standard InChI is InChI=1S/C50H57F3N8O8/c1-29(2)69-41-26-35(30(3)25-38(41)57-49-55-27-36(50(51,52)53)44(59-49)56-37-16-10-9-14-33(37)45(64)54-4)31-20-23-60(24-21-31)22-11-7-5-6-8-13-32(62)28-68-40-17-12-15-34-43(40)48(67)61(47(34)66)39-18-19-42(63)58-46(39)65/h9-10,12,14-17,25-27,29,31,39H,5-8,11,13,18-24,28H2,1-4H3,(H,54,64)(H,58,63,65)(H2,55,56,57,59). The number of unbranched alkanes of at least 4 members (excludes halogenated alkanes) is 4. The van der Waals surface area contributed by atoms with Crippen LogP contribution >= 0.6 is 0 Å². The van der Waals surface area contributed by atoms with Crippen molar-refractivity contribution in [3.63, 3.8) is 0 Å². The minimum absolute atomic E-state index is 0.0125. The normalized spacial score (nSPS) is 16.6. The van der Waals surface area contributed by atoms with Crippen molar-refractivity contribution in [3.05, 3.63) is 94.2 Å². The molecule has 0 radical (unpaired) electrons. The van der Waals surface area contributed by atoms with Crippen molar-refractivity contribution < 1.29 is 51.4 Å². The molecule has 2 saturated heterocycles. The Labute approximate surface area is 398 Å². The molecule has 2 fully saturated rings. The van der Waals surface area contributed by atoms with Gasteiger partial charge in [0.25, 0.3) is 17.7 Å². The van der Waals surface area contributed by atoms with Crippen molar-refractivity contribution in [2.75, 3.05) is 43.9 Å². The SMILES string of the molecule is CNC(=O)c1ccccc1Nc1nc(Nc2cc(C)c(C3CCN(CCCCCCCC(=O)COc4cccc5c4C(=O)N(C4CCC(=O)NC4=O)C5=O)CC3)cc2OC(C)C)ncc1C(F)(F)F. The Hall–Kier alpha value is -6.89. The first-order valence-electron chi connectivity index (χ1n) is 23.3. The summed E-state index contributed by atoms with van der Waals surface area (Å²) in [5.41, 5.74) is 1.95. The van der Waals surface area contributed by atoms with Gasteiger partial charge in [0.15, 0.2) is 5.78 Å². The highest BCUT2D eigenvalue weighted by molar-refractivity contribution is 6.24. The lowest BCUT2D eigenvalue weighted by Gasteiger charge is -2.33. The zero-order valence-corrected chi connectivity index (χ0v) is 39.1. The first kappa shape index (κ1) is 50.0. The van der Waals surface area contributed by atoms with E-state index in [1.54, 1.807) is 18.2 Å². The summed E-state index contributed by atoms with van der Waals surface area (Å²) in [6.07, 6.45) is 2.59. The number of rotatable bonds is 20. The smallest absolute Gasteiger partial charge is 0.421 e. The monoisotopic (exact) mass is 954 g/mol. The van der Waals surface area contributed by atoms with E-state index in [9.17, 15) is 41.9 Å². The fourth-order valence-corrected chi connectivity index (χ4v) is 9.00. The number of Topliss-reactive ketones (excluding diaryl/α,β-unsaturated/α-hetero) is 1. The highest BCUT2D eigenvalue weighted by atomic mass is 19.4. The van der Waals surface area contributed by atoms with E-state index in [1.165, 1.54) is 31.3 Å². The Morgan fingerprint density at radius 2 is 1.62 bits per heavy atom. The second kappa shape index (κ2) is 22.0. The second-order valence-electron chi connectivity index (χ2n) is 17.8. The third-order valence-electron chi connectivity index (χ3n) is 12.5. The quantitative estimate of drug-likeness (QED) is 0.0491. The number of hydrogen-bond acceptors (Lipinski definition) is 13. The van der Waals surface area contributed by atoms with E-state index >= 15 is 0 Å². The van der Waals surface area contributed by atoms with Crippen LogP contribution in [0.15, 0.2) is 60.8 Å². The van der Waals surface area contributed by atoms with Crippen LogP contribution in [0.2, 0.25) is 0 Å². The number of benzene rings is 3. The summed E-state index contributed by atoms with van der Waals surface area (Å²) in [5, 5.41) is 10.5. The number of halogens is 3. The lowest BCUT2D eigenvalue weighted by molar-refractivity contribution is -0.138. The van der Waals surface area contributed by atoms with E-state index < -0.39 is 53.1 Å². The van der Waals surface area contributed by atoms with Crippen LogP contribution < -0.4 is 30.7 Å². The van der Waals surface area contributed by atoms with Crippen LogP contribution in [0.25, 0.3) is 0 Å². The molecular weight excluding hydrogens is 898 g/mol. The average molecular weight is 955 g/mol. The van der Waals surface area contributed by atoms with Crippen LogP contribution in [0.4, 0.5) is 36.3 Å². The van der Waals surface area contributed by atoms with Gasteiger partial charge in [-0.1, -0.05) is 37.5 Å². The van der Waals surface area contributed by atoms with E-state index in [4.69, 9.17) is 9.47 Å². The maximum atomic E-state index is 14.2. The van der Waals surface area contributed by atoms with Crippen LogP contribution in [0, 0.1) is 6.92 Å². The van der Waals surface area contributed by atoms with E-state index in [-0.39, 0.29) is 71.3 Å². The number of hydrogen-bond donors (Lipinski definition) is 4. The number of imide groups is 2. The number of nitrogens with zero attached hydrogens (tertiary/aromatic N) is 4. The molecule has 3 aliphatic heterocycles. The number of piperidine rings is 2. The molecule has 7 rings (SSSR count). The number of para-hydroxylation sites is 1. The second-order valence-corrected chi connectivity index (χ2v) is 17.8. The number of carbonyl (C=O) groups excluding carboxylic acids is 6. The number of amides is 5. The molecular formula is C50H57F3N8O8. The van der Waals surface area contributed by atoms with E-state index in [1.807, 2.05) is 32.9 Å². The average Bonchev–Trinajstić information content (AvgIpc) is 3.57. The summed E-state index contributed by atoms with van der Waals surface area (Å²) in [6, 6.07) is 13.6. The molecule has 4 heterocycles. The number of carbonyl (C=O) groups is 6. The molecule has 0 spiro atoms. The van der Waals surface area contributed by atoms with Crippen molar-refractivity contribution in [3.8, 4) is 11.5 Å². The fraction of sp³-hybridized carbons (Fsp3) is 0.440. The van der Waals surface area contributed by atoms with Crippen LogP contribution in [0.3, 0.4) is 0 Å². The topological polar surface area (TPSA) is 201 Å². The Morgan fingerprint density at radius 3 is 2.35 bits per heavy atom. The van der Waals surface area contributed by atoms with Crippen molar-refractivity contribution in [2.45, 2.75) is 109 Å². The number of anilines is 4. The number of alkyl halides is 3. The van der Waals surface area contributed by atoms with Gasteiger partial charge in [0.1, 0.15) is 35.5 Å². The number of ketones is 1. The molecule has 16 nitrogen and oxygen atoms in total. The van der Waals surface area contributed by atoms with Crippen LogP contribution in [0.1, 0.15) is 132 Å². The highest BCUT2D eigenvalue weighted by Crippen LogP contribution is 2.40. The Balaban J connectivity index is 0.858. The molecule has 1 aromatic heterocycles. The first-order chi connectivity index (χ1) is 33.0. The van der Waals surface area contributed by atoms with Gasteiger partial charge in [-0.25, -0.2) is 4.98 Å². The van der Waals surface area contributed by atoms with Gasteiger partial charge in [-0.15, -0.1) is 0 Å². The third-order valence-corrected chi connectivity index (χ3v) is 12.5. The molecule has 0 bridgehead atoms. The van der Waals surface area contributed by atoms with Crippen LogP contribution in [-0.4, -0.2) is 101 Å². The van der Waals surface area contributed by atoms with Crippen molar-refractivity contribution in [1.29, 1.82) is 0 Å². The molecule has 0 aliphatic carbocycles. The summed E-state index contributed by atoms with van der Waals surface area (Å²) in [6.45, 7) is 8.36. The van der Waals surface area contributed by atoms with Gasteiger partial charge in [-0.2, -0.15) is 18.2 Å². The maximum absolute atomic E-state index is 14.2. The summed E-state index contributed by atoms with van der Waals surface area (Å²) in [4.78, 5) is 87.2. The van der Waals surface area contributed by atoms with Gasteiger partial charge < -0.3 is 30.3 Å². The lowest BCUT2D eigenvalue weighted by atomic mass is 9.86. The van der Waals surface area contributed by atoms with E-state index in [0.29, 0.717) is 30.5 Å². The Bertz CT molecular complexity index is 2600. The number of aryl methyl sites for hydroxylation is 1. The number of likely N-dealkylation sites (tertiary alicyclic amines) is 1. The largest absolute Gasteiger partial charge is 0.489 e. The molecule has 366 valence electrons. The zero-order valence-electron chi connectivity index (χ0n) is 39.1. The van der Waals surface area contributed by atoms with Crippen molar-refractivity contribution in [1.82, 2.24) is 30.4 Å². The highest BCUT2D eigenvalue weighted by Gasteiger charge is 2.46. The molecule has 3 aromatic carbocycles. The predicted octanol–water partition coefficient (Wildman–Crippen LogP) is 8.01. The number of fused-ring (bicyclic) bond motifs is 1. The van der Waals surface area contributed by atoms with Crippen LogP contribution in [0.5, 0.6) is 11.5 Å². The van der Waals surface area contributed by atoms with Crippen LogP contribution in [-0.2, 0) is 20.6 Å². The lowest BCUT2D eigenvalue weighted by Crippen LogP contribution is -2.54.